The third kappa shape index (κ3) is 3.42. The molecule has 0 fully saturated rings. The van der Waals surface area contributed by atoms with Gasteiger partial charge in [0.25, 0.3) is 0 Å². The van der Waals surface area contributed by atoms with Gasteiger partial charge in [-0.1, -0.05) is 20.8 Å². The Kier molecular flexibility index (Phi) is 5.00. The summed E-state index contributed by atoms with van der Waals surface area (Å²) in [4.78, 5) is 11.6. The molecule has 0 amide bonds. The number of phenols is 1. The molecule has 1 aromatic carbocycles. The Morgan fingerprint density at radius 3 is 2.40 bits per heavy atom. The molecule has 0 aliphatic heterocycles. The molecule has 112 valence electrons. The molecule has 2 N–H and O–H groups in total. The van der Waals surface area contributed by atoms with Crippen LogP contribution in [0.25, 0.3) is 0 Å². The number of carbonyl (C=O) groups excluding carboxylic acids is 1. The largest absolute Gasteiger partial charge is 0.504 e. The molecule has 1 atom stereocenters. The van der Waals surface area contributed by atoms with Gasteiger partial charge in [0.1, 0.15) is 0 Å². The van der Waals surface area contributed by atoms with Gasteiger partial charge in [-0.15, -0.1) is 0 Å². The Morgan fingerprint density at radius 1 is 1.35 bits per heavy atom. The van der Waals surface area contributed by atoms with Gasteiger partial charge in [-0.25, -0.2) is 4.79 Å². The van der Waals surface area contributed by atoms with Crippen molar-refractivity contribution in [2.45, 2.75) is 39.2 Å². The molecule has 1 aromatic rings. The van der Waals surface area contributed by atoms with Crippen LogP contribution in [0.2, 0.25) is 0 Å². The molecule has 0 aliphatic rings. The lowest BCUT2D eigenvalue weighted by Gasteiger charge is -2.23. The summed E-state index contributed by atoms with van der Waals surface area (Å²) in [7, 11) is 1.42. The number of phenolic OH excluding ortho intramolecular Hbond substituents is 1. The van der Waals surface area contributed by atoms with E-state index in [-0.39, 0.29) is 29.1 Å². The third-order valence-corrected chi connectivity index (χ3v) is 2.99. The lowest BCUT2D eigenvalue weighted by atomic mass is 9.85. The van der Waals surface area contributed by atoms with Gasteiger partial charge in [0.2, 0.25) is 0 Å². The van der Waals surface area contributed by atoms with Crippen molar-refractivity contribution in [1.29, 1.82) is 0 Å². The van der Waals surface area contributed by atoms with E-state index in [9.17, 15) is 15.0 Å². The highest BCUT2D eigenvalue weighted by Gasteiger charge is 2.27. The summed E-state index contributed by atoms with van der Waals surface area (Å²) < 4.78 is 9.87. The van der Waals surface area contributed by atoms with Gasteiger partial charge in [-0.05, 0) is 30.0 Å². The van der Waals surface area contributed by atoms with E-state index in [1.54, 1.807) is 19.1 Å². The Morgan fingerprint density at radius 2 is 1.95 bits per heavy atom. The van der Waals surface area contributed by atoms with Crippen LogP contribution in [0, 0.1) is 0 Å². The van der Waals surface area contributed by atoms with Gasteiger partial charge in [-0.3, -0.25) is 0 Å². The third-order valence-electron chi connectivity index (χ3n) is 2.99. The SMILES string of the molecule is CCOC(=O)C(O)c1cc(C(C)(C)C)cc(OC)c1O. The molecule has 1 unspecified atom stereocenters. The number of aromatic hydroxyl groups is 1. The highest BCUT2D eigenvalue weighted by atomic mass is 16.5. The quantitative estimate of drug-likeness (QED) is 0.829. The number of benzene rings is 1. The van der Waals surface area contributed by atoms with Crippen molar-refractivity contribution in [3.63, 3.8) is 0 Å². The molecule has 0 bridgehead atoms. The summed E-state index contributed by atoms with van der Waals surface area (Å²) in [5.41, 5.74) is 0.711. The molecule has 0 saturated carbocycles. The smallest absolute Gasteiger partial charge is 0.339 e. The van der Waals surface area contributed by atoms with Crippen molar-refractivity contribution >= 4 is 5.97 Å². The van der Waals surface area contributed by atoms with E-state index in [1.165, 1.54) is 7.11 Å². The summed E-state index contributed by atoms with van der Waals surface area (Å²) >= 11 is 0. The number of esters is 1. The van der Waals surface area contributed by atoms with Crippen LogP contribution in [-0.2, 0) is 14.9 Å². The molecule has 0 radical (unpaired) electrons. The van der Waals surface area contributed by atoms with Crippen LogP contribution in [0.15, 0.2) is 12.1 Å². The summed E-state index contributed by atoms with van der Waals surface area (Å²) in [6.07, 6.45) is -1.54. The highest BCUT2D eigenvalue weighted by molar-refractivity contribution is 5.78. The van der Waals surface area contributed by atoms with E-state index in [1.807, 2.05) is 20.8 Å². The number of rotatable bonds is 4. The fourth-order valence-electron chi connectivity index (χ4n) is 1.77. The molecule has 0 aliphatic carbocycles. The fourth-order valence-corrected chi connectivity index (χ4v) is 1.77. The summed E-state index contributed by atoms with van der Waals surface area (Å²) in [6.45, 7) is 7.77. The number of aliphatic hydroxyl groups excluding tert-OH is 1. The second-order valence-corrected chi connectivity index (χ2v) is 5.52. The van der Waals surface area contributed by atoms with Gasteiger partial charge < -0.3 is 19.7 Å². The minimum Gasteiger partial charge on any atom is -0.504 e. The average molecular weight is 282 g/mol. The zero-order valence-electron chi connectivity index (χ0n) is 12.6. The predicted molar refractivity (Wildman–Crippen MR) is 75.0 cm³/mol. The van der Waals surface area contributed by atoms with E-state index in [0.29, 0.717) is 0 Å². The van der Waals surface area contributed by atoms with Crippen molar-refractivity contribution in [3.8, 4) is 11.5 Å². The maximum Gasteiger partial charge on any atom is 0.339 e. The summed E-state index contributed by atoms with van der Waals surface area (Å²) in [6, 6.07) is 3.29. The van der Waals surface area contributed by atoms with Crippen molar-refractivity contribution in [1.82, 2.24) is 0 Å². The van der Waals surface area contributed by atoms with Crippen LogP contribution in [0.3, 0.4) is 0 Å². The van der Waals surface area contributed by atoms with Crippen molar-refractivity contribution in [3.05, 3.63) is 23.3 Å². The first-order valence-electron chi connectivity index (χ1n) is 6.48. The first-order valence-corrected chi connectivity index (χ1v) is 6.48. The average Bonchev–Trinajstić information content (AvgIpc) is 2.37. The number of hydrogen-bond acceptors (Lipinski definition) is 5. The number of aliphatic hydroxyl groups is 1. The minimum absolute atomic E-state index is 0.0905. The summed E-state index contributed by atoms with van der Waals surface area (Å²) in [5.74, 6) is -0.826. The fraction of sp³-hybridized carbons (Fsp3) is 0.533. The molecule has 20 heavy (non-hydrogen) atoms. The number of ether oxygens (including phenoxy) is 2. The van der Waals surface area contributed by atoms with Crippen LogP contribution in [0.1, 0.15) is 44.9 Å². The van der Waals surface area contributed by atoms with E-state index < -0.39 is 12.1 Å². The van der Waals surface area contributed by atoms with E-state index in [4.69, 9.17) is 9.47 Å². The Balaban J connectivity index is 3.34. The number of methoxy groups -OCH3 is 1. The molecule has 5 heteroatoms. The monoisotopic (exact) mass is 282 g/mol. The zero-order chi connectivity index (χ0) is 15.5. The van der Waals surface area contributed by atoms with Gasteiger partial charge in [-0.2, -0.15) is 0 Å². The molecular weight excluding hydrogens is 260 g/mol. The van der Waals surface area contributed by atoms with Gasteiger partial charge in [0, 0.05) is 5.56 Å². The zero-order valence-corrected chi connectivity index (χ0v) is 12.6. The second kappa shape index (κ2) is 6.13. The van der Waals surface area contributed by atoms with E-state index in [2.05, 4.69) is 0 Å². The van der Waals surface area contributed by atoms with Crippen molar-refractivity contribution in [2.24, 2.45) is 0 Å². The first kappa shape index (κ1) is 16.3. The van der Waals surface area contributed by atoms with Crippen LogP contribution >= 0.6 is 0 Å². The van der Waals surface area contributed by atoms with Crippen LogP contribution in [-0.4, -0.2) is 29.9 Å². The molecule has 0 saturated heterocycles. The van der Waals surface area contributed by atoms with Crippen LogP contribution < -0.4 is 4.74 Å². The van der Waals surface area contributed by atoms with Crippen molar-refractivity contribution in [2.75, 3.05) is 13.7 Å². The number of hydrogen-bond donors (Lipinski definition) is 2. The lowest BCUT2D eigenvalue weighted by molar-refractivity contribution is -0.153. The second-order valence-electron chi connectivity index (χ2n) is 5.52. The molecule has 5 nitrogen and oxygen atoms in total. The molecule has 0 spiro atoms. The number of carbonyl (C=O) groups is 1. The van der Waals surface area contributed by atoms with Crippen LogP contribution in [0.4, 0.5) is 0 Å². The maximum absolute atomic E-state index is 11.6. The Labute approximate surface area is 119 Å². The maximum atomic E-state index is 11.6. The lowest BCUT2D eigenvalue weighted by Crippen LogP contribution is -2.18. The molecule has 0 aromatic heterocycles. The summed E-state index contributed by atoms with van der Waals surface area (Å²) in [5, 5.41) is 20.1. The normalized spacial score (nSPS) is 12.9. The molecule has 0 heterocycles. The first-order chi connectivity index (χ1) is 9.22. The standard InChI is InChI=1S/C15H22O5/c1-6-20-14(18)13(17)10-7-9(15(2,3)4)8-11(19-5)12(10)16/h7-8,13,16-17H,6H2,1-5H3. The Bertz CT molecular complexity index is 488. The molecular formula is C15H22O5. The predicted octanol–water partition coefficient (Wildman–Crippen LogP) is 2.29. The minimum atomic E-state index is -1.54. The Hall–Kier alpha value is -1.75. The highest BCUT2D eigenvalue weighted by Crippen LogP contribution is 2.38. The molecule has 1 rings (SSSR count). The van der Waals surface area contributed by atoms with E-state index in [0.717, 1.165) is 5.56 Å². The van der Waals surface area contributed by atoms with Gasteiger partial charge in [0.15, 0.2) is 17.6 Å². The van der Waals surface area contributed by atoms with Crippen molar-refractivity contribution < 1.29 is 24.5 Å². The van der Waals surface area contributed by atoms with Gasteiger partial charge >= 0.3 is 5.97 Å². The van der Waals surface area contributed by atoms with Crippen LogP contribution in [0.5, 0.6) is 11.5 Å². The van der Waals surface area contributed by atoms with E-state index >= 15 is 0 Å². The topological polar surface area (TPSA) is 76.0 Å². The van der Waals surface area contributed by atoms with Gasteiger partial charge in [0.05, 0.1) is 13.7 Å².